The summed E-state index contributed by atoms with van der Waals surface area (Å²) in [6.45, 7) is 15.2. The van der Waals surface area contributed by atoms with Crippen molar-refractivity contribution >= 4 is 41.5 Å². The Morgan fingerprint density at radius 1 is 1.13 bits per heavy atom. The van der Waals surface area contributed by atoms with Crippen LogP contribution in [0.25, 0.3) is 0 Å². The van der Waals surface area contributed by atoms with Crippen LogP contribution in [-0.4, -0.2) is 23.2 Å². The summed E-state index contributed by atoms with van der Waals surface area (Å²) in [6, 6.07) is 0. The van der Waals surface area contributed by atoms with Crippen LogP contribution in [0.1, 0.15) is 0 Å². The van der Waals surface area contributed by atoms with Crippen molar-refractivity contribution in [2.24, 2.45) is 0 Å². The van der Waals surface area contributed by atoms with Crippen molar-refractivity contribution in [1.29, 1.82) is 0 Å². The van der Waals surface area contributed by atoms with Gasteiger partial charge >= 0.3 is 4.84 Å². The fraction of sp³-hybridized carbons (Fsp3) is 0.333. The Hall–Kier alpha value is 0.0938. The van der Waals surface area contributed by atoms with Gasteiger partial charge in [0.2, 0.25) is 0 Å². The molecule has 0 bridgehead atoms. The minimum absolute atomic E-state index is 1.12. The molecule has 0 unspecified atom stereocenters. The first kappa shape index (κ1) is 20.5. The molecular weight excluding hydrogens is 273 g/mol. The van der Waals surface area contributed by atoms with Crippen molar-refractivity contribution in [2.75, 3.05) is 0 Å². The van der Waals surface area contributed by atoms with E-state index in [2.05, 4.69) is 56.0 Å². The molecule has 0 fully saturated rings. The first-order valence-electron chi connectivity index (χ1n) is 4.14. The average molecular weight is 291 g/mol. The third kappa shape index (κ3) is 55.5. The van der Waals surface area contributed by atoms with Gasteiger partial charge in [0.15, 0.2) is 0 Å². The first-order valence-corrected chi connectivity index (χ1v) is 9.20. The largest absolute Gasteiger partial charge is 0.401 e. The normalized spacial score (nSPS) is 10.0. The molecule has 0 heterocycles. The third-order valence-corrected chi connectivity index (χ3v) is 3.16. The Morgan fingerprint density at radius 3 is 1.27 bits per heavy atom. The molecule has 15 heavy (non-hydrogen) atoms. The highest BCUT2D eigenvalue weighted by molar-refractivity contribution is 6.86. The third-order valence-electron chi connectivity index (χ3n) is 1.05. The van der Waals surface area contributed by atoms with E-state index in [9.17, 15) is 8.78 Å². The van der Waals surface area contributed by atoms with E-state index in [0.29, 0.717) is 0 Å². The van der Waals surface area contributed by atoms with Gasteiger partial charge in [-0.25, -0.2) is 0 Å². The summed E-state index contributed by atoms with van der Waals surface area (Å²) in [4.78, 5) is -3.56. The lowest BCUT2D eigenvalue weighted by Gasteiger charge is -2.07. The number of hydrogen-bond acceptors (Lipinski definition) is 0. The molecule has 0 amide bonds. The zero-order valence-corrected chi connectivity index (χ0v) is 13.9. The van der Waals surface area contributed by atoms with Crippen molar-refractivity contribution in [3.63, 3.8) is 0 Å². The fourth-order valence-electron chi connectivity index (χ4n) is 0.0833. The monoisotopic (exact) mass is 290 g/mol. The lowest BCUT2D eigenvalue weighted by molar-refractivity contribution is 0.194. The Balaban J connectivity index is -0.000000158. The van der Waals surface area contributed by atoms with Gasteiger partial charge in [-0.15, -0.1) is 25.4 Å². The average Bonchev–Trinajstić information content (AvgIpc) is 2.03. The van der Waals surface area contributed by atoms with Crippen LogP contribution in [0.3, 0.4) is 0 Å². The zero-order chi connectivity index (χ0) is 13.1. The number of halogens is 4. The molecule has 0 aliphatic rings. The molecule has 0 aromatic heterocycles. The van der Waals surface area contributed by atoms with Gasteiger partial charge in [0, 0.05) is 10.2 Å². The number of alkyl halides is 4. The van der Waals surface area contributed by atoms with Crippen molar-refractivity contribution in [3.8, 4) is 0 Å². The molecule has 0 radical (unpaired) electrons. The summed E-state index contributed by atoms with van der Waals surface area (Å²) in [5.74, 6) is 0. The van der Waals surface area contributed by atoms with Gasteiger partial charge in [-0.3, -0.25) is 0 Å². The predicted octanol–water partition coefficient (Wildman–Crippen LogP) is 3.65. The quantitative estimate of drug-likeness (QED) is 0.538. The lowest BCUT2D eigenvalue weighted by Crippen LogP contribution is -2.17. The molecule has 0 saturated carbocycles. The molecule has 6 heteroatoms. The standard InChI is InChI=1S/C6H12Si.C2H6Si.CCl2F2/c1-5-7(3,4)6-2;1-2-3;2-1(3,4)5/h5-6H,1-2H2,3-4H3;2H,1H2,3H3;. The summed E-state index contributed by atoms with van der Waals surface area (Å²) in [5.41, 5.74) is 5.92. The second kappa shape index (κ2) is 10.6. The Morgan fingerprint density at radius 2 is 1.27 bits per heavy atom. The van der Waals surface area contributed by atoms with Crippen LogP contribution in [0.2, 0.25) is 13.1 Å². The van der Waals surface area contributed by atoms with Crippen molar-refractivity contribution in [2.45, 2.75) is 17.9 Å². The summed E-state index contributed by atoms with van der Waals surface area (Å²) >= 11 is 7.92. The van der Waals surface area contributed by atoms with Crippen LogP contribution in [0.5, 0.6) is 0 Å². The number of hydrogen-bond donors (Lipinski definition) is 0. The maximum atomic E-state index is 10.6. The highest BCUT2D eigenvalue weighted by Crippen LogP contribution is 2.22. The maximum Gasteiger partial charge on any atom is 0.401 e. The SMILES string of the molecule is C=C[SiH3].C=C[Si](C)(C)C=C.FC(F)(Cl)Cl. The van der Waals surface area contributed by atoms with Crippen LogP contribution in [0.15, 0.2) is 36.8 Å². The Kier molecular flexibility index (Phi) is 14.5. The smallest absolute Gasteiger partial charge is 0.172 e. The molecule has 0 aromatic rings. The highest BCUT2D eigenvalue weighted by Gasteiger charge is 2.17. The molecule has 0 spiro atoms. The van der Waals surface area contributed by atoms with E-state index in [0.717, 1.165) is 10.2 Å². The zero-order valence-electron chi connectivity index (χ0n) is 9.37. The van der Waals surface area contributed by atoms with Crippen LogP contribution in [0.4, 0.5) is 8.78 Å². The molecule has 0 nitrogen and oxygen atoms in total. The van der Waals surface area contributed by atoms with E-state index in [-0.39, 0.29) is 0 Å². The van der Waals surface area contributed by atoms with Gasteiger partial charge in [-0.2, -0.15) is 8.78 Å². The minimum atomic E-state index is -3.56. The summed E-state index contributed by atoms with van der Waals surface area (Å²) < 4.78 is 21.1. The topological polar surface area (TPSA) is 0 Å². The van der Waals surface area contributed by atoms with E-state index in [1.807, 2.05) is 17.1 Å². The highest BCUT2D eigenvalue weighted by atomic mass is 35.5. The minimum Gasteiger partial charge on any atom is -0.172 e. The fourth-order valence-corrected chi connectivity index (χ4v) is 0.250. The Bertz CT molecular complexity index is 173. The summed E-state index contributed by atoms with van der Waals surface area (Å²) in [6.07, 6.45) is 0. The second-order valence-electron chi connectivity index (χ2n) is 3.07. The molecule has 0 atom stereocenters. The summed E-state index contributed by atoms with van der Waals surface area (Å²) in [5, 5.41) is 0. The first-order chi connectivity index (χ1) is 6.54. The molecule has 0 aliphatic carbocycles. The molecule has 0 rings (SSSR count). The van der Waals surface area contributed by atoms with Gasteiger partial charge < -0.3 is 0 Å². The van der Waals surface area contributed by atoms with Crippen LogP contribution in [0, 0.1) is 0 Å². The molecule has 0 aliphatic heterocycles. The number of rotatable bonds is 2. The predicted molar refractivity (Wildman–Crippen MR) is 74.7 cm³/mol. The van der Waals surface area contributed by atoms with Crippen molar-refractivity contribution in [1.82, 2.24) is 0 Å². The molecule has 90 valence electrons. The van der Waals surface area contributed by atoms with Gasteiger partial charge in [0.05, 0.1) is 8.07 Å². The van der Waals surface area contributed by atoms with E-state index in [1.54, 1.807) is 0 Å². The van der Waals surface area contributed by atoms with Crippen LogP contribution >= 0.6 is 23.2 Å². The second-order valence-corrected chi connectivity index (χ2v) is 9.49. The maximum absolute atomic E-state index is 10.6. The van der Waals surface area contributed by atoms with Gasteiger partial charge in [0.1, 0.15) is 0 Å². The van der Waals surface area contributed by atoms with E-state index < -0.39 is 12.9 Å². The van der Waals surface area contributed by atoms with E-state index in [4.69, 9.17) is 0 Å². The Labute approximate surface area is 105 Å². The molecule has 0 saturated heterocycles. The van der Waals surface area contributed by atoms with Crippen LogP contribution < -0.4 is 0 Å². The lowest BCUT2D eigenvalue weighted by atomic mass is 11.2. The van der Waals surface area contributed by atoms with Gasteiger partial charge in [-0.05, 0) is 23.2 Å². The summed E-state index contributed by atoms with van der Waals surface area (Å²) in [7, 11) is 0.00926. The molecular formula is C9H18Cl2F2Si2. The van der Waals surface area contributed by atoms with E-state index in [1.165, 1.54) is 0 Å². The van der Waals surface area contributed by atoms with E-state index >= 15 is 0 Å². The van der Waals surface area contributed by atoms with Crippen molar-refractivity contribution < 1.29 is 8.78 Å². The van der Waals surface area contributed by atoms with Gasteiger partial charge in [-0.1, -0.05) is 24.5 Å². The van der Waals surface area contributed by atoms with Gasteiger partial charge in [0.25, 0.3) is 0 Å². The van der Waals surface area contributed by atoms with Crippen LogP contribution in [-0.2, 0) is 0 Å². The molecule has 0 N–H and O–H groups in total. The molecule has 0 aromatic carbocycles. The van der Waals surface area contributed by atoms with Crippen molar-refractivity contribution in [3.05, 3.63) is 36.8 Å².